The van der Waals surface area contributed by atoms with Crippen LogP contribution in [0.25, 0.3) is 0 Å². The third kappa shape index (κ3) is 1.64. The number of hydrogen-bond donors (Lipinski definition) is 4. The average molecular weight is 218 g/mol. The molecule has 1 aliphatic rings. The first-order valence-electron chi connectivity index (χ1n) is 4.91. The fourth-order valence-corrected chi connectivity index (χ4v) is 1.78. The highest BCUT2D eigenvalue weighted by atomic mass is 15.5. The van der Waals surface area contributed by atoms with Crippen molar-refractivity contribution in [1.29, 1.82) is 0 Å². The van der Waals surface area contributed by atoms with Gasteiger partial charge in [-0.3, -0.25) is 11.3 Å². The summed E-state index contributed by atoms with van der Waals surface area (Å²) in [6.45, 7) is 0. The van der Waals surface area contributed by atoms with E-state index in [1.807, 2.05) is 24.3 Å². The van der Waals surface area contributed by atoms with Crippen molar-refractivity contribution in [2.24, 2.45) is 21.9 Å². The number of nitrogens with one attached hydrogen (secondary N) is 2. The maximum absolute atomic E-state index is 5.60. The molecular weight excluding hydrogens is 204 g/mol. The summed E-state index contributed by atoms with van der Waals surface area (Å²) in [5.41, 5.74) is 7.09. The Morgan fingerprint density at radius 2 is 2.31 bits per heavy atom. The monoisotopic (exact) mass is 218 g/mol. The van der Waals surface area contributed by atoms with Crippen LogP contribution in [0.2, 0.25) is 0 Å². The van der Waals surface area contributed by atoms with E-state index >= 15 is 0 Å². The first-order valence-corrected chi connectivity index (χ1v) is 4.91. The van der Waals surface area contributed by atoms with E-state index in [4.69, 9.17) is 11.7 Å². The van der Waals surface area contributed by atoms with Crippen LogP contribution in [0, 0.1) is 0 Å². The van der Waals surface area contributed by atoms with E-state index in [1.165, 1.54) is 0 Å². The number of rotatable bonds is 3. The number of hydrogen-bond acceptors (Lipinski definition) is 6. The van der Waals surface area contributed by atoms with Crippen molar-refractivity contribution in [2.75, 3.05) is 0 Å². The van der Waals surface area contributed by atoms with Gasteiger partial charge in [0.15, 0.2) is 0 Å². The van der Waals surface area contributed by atoms with Gasteiger partial charge in [-0.15, -0.1) is 0 Å². The molecule has 0 aromatic heterocycles. The zero-order valence-electron chi connectivity index (χ0n) is 8.72. The standard InChI is InChI=1S/C10H14N6/c11-13-6-5-10(15-12)9-4-2-1-3-8(9)7-14-16-10/h1-4,6-7,15-16H,5,11-12H2. The molecule has 1 aromatic rings. The van der Waals surface area contributed by atoms with Gasteiger partial charge in [0.2, 0.25) is 0 Å². The van der Waals surface area contributed by atoms with Gasteiger partial charge in [-0.1, -0.05) is 24.3 Å². The fraction of sp³-hybridized carbons (Fsp3) is 0.200. The van der Waals surface area contributed by atoms with Gasteiger partial charge in [-0.25, -0.2) is 5.43 Å². The van der Waals surface area contributed by atoms with Crippen molar-refractivity contribution in [3.8, 4) is 0 Å². The van der Waals surface area contributed by atoms with Crippen LogP contribution in [0.15, 0.2) is 34.5 Å². The van der Waals surface area contributed by atoms with Gasteiger partial charge in [0.1, 0.15) is 5.66 Å². The summed E-state index contributed by atoms with van der Waals surface area (Å²) in [5, 5.41) is 7.56. The lowest BCUT2D eigenvalue weighted by atomic mass is 9.92. The predicted octanol–water partition coefficient (Wildman–Crippen LogP) is -0.426. The lowest BCUT2D eigenvalue weighted by molar-refractivity contribution is 0.276. The third-order valence-corrected chi connectivity index (χ3v) is 2.63. The van der Waals surface area contributed by atoms with Crippen LogP contribution in [0.3, 0.4) is 0 Å². The first-order chi connectivity index (χ1) is 7.82. The lowest BCUT2D eigenvalue weighted by Crippen LogP contribution is -2.57. The molecule has 6 nitrogen and oxygen atoms in total. The van der Waals surface area contributed by atoms with Crippen LogP contribution in [0.1, 0.15) is 17.5 Å². The highest BCUT2D eigenvalue weighted by molar-refractivity contribution is 5.83. The molecule has 0 amide bonds. The van der Waals surface area contributed by atoms with Crippen LogP contribution in [0.5, 0.6) is 0 Å². The van der Waals surface area contributed by atoms with E-state index in [2.05, 4.69) is 21.1 Å². The second kappa shape index (κ2) is 4.30. The molecule has 0 saturated carbocycles. The summed E-state index contributed by atoms with van der Waals surface area (Å²) in [7, 11) is 0. The SMILES string of the molecule is NN=CCC1(NN)NN=Cc2ccccc21. The molecule has 0 radical (unpaired) electrons. The summed E-state index contributed by atoms with van der Waals surface area (Å²) in [4.78, 5) is 0. The van der Waals surface area contributed by atoms with E-state index in [9.17, 15) is 0 Å². The van der Waals surface area contributed by atoms with Gasteiger partial charge < -0.3 is 5.84 Å². The Balaban J connectivity index is 2.44. The molecule has 6 N–H and O–H groups in total. The molecule has 0 bridgehead atoms. The van der Waals surface area contributed by atoms with E-state index in [-0.39, 0.29) is 0 Å². The van der Waals surface area contributed by atoms with Crippen molar-refractivity contribution < 1.29 is 0 Å². The molecule has 6 heteroatoms. The maximum Gasteiger partial charge on any atom is 0.148 e. The zero-order valence-corrected chi connectivity index (χ0v) is 8.72. The number of nitrogens with zero attached hydrogens (tertiary/aromatic N) is 2. The molecular formula is C10H14N6. The van der Waals surface area contributed by atoms with Crippen LogP contribution in [-0.2, 0) is 5.66 Å². The molecule has 2 rings (SSSR count). The Morgan fingerprint density at radius 3 is 3.06 bits per heavy atom. The van der Waals surface area contributed by atoms with E-state index < -0.39 is 5.66 Å². The highest BCUT2D eigenvalue weighted by Crippen LogP contribution is 2.25. The summed E-state index contributed by atoms with van der Waals surface area (Å²) in [5.74, 6) is 10.7. The van der Waals surface area contributed by atoms with Gasteiger partial charge in [0.05, 0.1) is 6.21 Å². The molecule has 0 aliphatic carbocycles. The minimum atomic E-state index is -0.645. The maximum atomic E-state index is 5.60. The Bertz CT molecular complexity index is 427. The van der Waals surface area contributed by atoms with Gasteiger partial charge in [-0.2, -0.15) is 10.2 Å². The average Bonchev–Trinajstić information content (AvgIpc) is 2.36. The second-order valence-corrected chi connectivity index (χ2v) is 3.54. The van der Waals surface area contributed by atoms with E-state index in [0.29, 0.717) is 6.42 Å². The fourth-order valence-electron chi connectivity index (χ4n) is 1.78. The van der Waals surface area contributed by atoms with Gasteiger partial charge in [0, 0.05) is 23.8 Å². The molecule has 16 heavy (non-hydrogen) atoms. The van der Waals surface area contributed by atoms with Crippen molar-refractivity contribution in [1.82, 2.24) is 10.9 Å². The number of hydrazine groups is 1. The molecule has 1 atom stereocenters. The number of benzene rings is 1. The minimum absolute atomic E-state index is 0.508. The molecule has 1 unspecified atom stereocenters. The highest BCUT2D eigenvalue weighted by Gasteiger charge is 2.33. The molecule has 0 saturated heterocycles. The first kappa shape index (κ1) is 10.6. The smallest absolute Gasteiger partial charge is 0.148 e. The summed E-state index contributed by atoms with van der Waals surface area (Å²) in [6, 6.07) is 7.86. The molecule has 1 aliphatic heterocycles. The number of hydrazone groups is 2. The van der Waals surface area contributed by atoms with Crippen LogP contribution >= 0.6 is 0 Å². The van der Waals surface area contributed by atoms with Crippen molar-refractivity contribution >= 4 is 12.4 Å². The van der Waals surface area contributed by atoms with Crippen LogP contribution < -0.4 is 22.5 Å². The third-order valence-electron chi connectivity index (χ3n) is 2.63. The van der Waals surface area contributed by atoms with Crippen molar-refractivity contribution in [3.63, 3.8) is 0 Å². The summed E-state index contributed by atoms with van der Waals surface area (Å²) < 4.78 is 0. The Hall–Kier alpha value is -1.92. The number of fused-ring (bicyclic) bond motifs is 1. The molecule has 84 valence electrons. The van der Waals surface area contributed by atoms with Gasteiger partial charge >= 0.3 is 0 Å². The Morgan fingerprint density at radius 1 is 1.50 bits per heavy atom. The minimum Gasteiger partial charge on any atom is -0.324 e. The van der Waals surface area contributed by atoms with Crippen molar-refractivity contribution in [3.05, 3.63) is 35.4 Å². The summed E-state index contributed by atoms with van der Waals surface area (Å²) in [6.07, 6.45) is 3.85. The largest absolute Gasteiger partial charge is 0.324 e. The molecule has 1 heterocycles. The Labute approximate surface area is 93.4 Å². The zero-order chi connectivity index (χ0) is 11.4. The number of nitrogens with two attached hydrogens (primary N) is 2. The Kier molecular flexibility index (Phi) is 2.84. The quantitative estimate of drug-likeness (QED) is 0.314. The normalized spacial score (nSPS) is 23.1. The summed E-state index contributed by atoms with van der Waals surface area (Å²) >= 11 is 0. The van der Waals surface area contributed by atoms with Crippen molar-refractivity contribution in [2.45, 2.75) is 12.1 Å². The lowest BCUT2D eigenvalue weighted by Gasteiger charge is -2.35. The predicted molar refractivity (Wildman–Crippen MR) is 63.5 cm³/mol. The molecule has 0 spiro atoms. The molecule has 1 aromatic carbocycles. The van der Waals surface area contributed by atoms with Crippen LogP contribution in [0.4, 0.5) is 0 Å². The second-order valence-electron chi connectivity index (χ2n) is 3.54. The van der Waals surface area contributed by atoms with Gasteiger partial charge in [-0.05, 0) is 0 Å². The van der Waals surface area contributed by atoms with Crippen LogP contribution in [-0.4, -0.2) is 12.4 Å². The van der Waals surface area contributed by atoms with Gasteiger partial charge in [0.25, 0.3) is 0 Å². The topological polar surface area (TPSA) is 101 Å². The van der Waals surface area contributed by atoms with E-state index in [0.717, 1.165) is 11.1 Å². The van der Waals surface area contributed by atoms with E-state index in [1.54, 1.807) is 12.4 Å². The molecule has 0 fully saturated rings.